The first-order valence-electron chi connectivity index (χ1n) is 20.1. The third kappa shape index (κ3) is 25.3. The van der Waals surface area contributed by atoms with Gasteiger partial charge in [0.2, 0.25) is 0 Å². The number of aliphatic hydroxyl groups excluding tert-OH is 3. The van der Waals surface area contributed by atoms with Crippen molar-refractivity contribution in [3.63, 3.8) is 0 Å². The number of rotatable bonds is 33. The van der Waals surface area contributed by atoms with Crippen molar-refractivity contribution in [1.82, 2.24) is 0 Å². The first-order valence-corrected chi connectivity index (χ1v) is 21.7. The molecular formula is C38H72O12S. The molecule has 1 rings (SSSR count). The summed E-state index contributed by atoms with van der Waals surface area (Å²) in [5.74, 6) is -1.97. The average Bonchev–Trinajstić information content (AvgIpc) is 3.09. The summed E-state index contributed by atoms with van der Waals surface area (Å²) in [7, 11) is -4.59. The van der Waals surface area contributed by atoms with E-state index in [-0.39, 0.29) is 19.4 Å². The monoisotopic (exact) mass is 752 g/mol. The molecule has 0 aliphatic carbocycles. The van der Waals surface area contributed by atoms with E-state index in [1.165, 1.54) is 96.3 Å². The van der Waals surface area contributed by atoms with Crippen LogP contribution in [0.4, 0.5) is 0 Å². The lowest BCUT2D eigenvalue weighted by Gasteiger charge is -2.40. The molecule has 4 N–H and O–H groups in total. The van der Waals surface area contributed by atoms with E-state index in [2.05, 4.69) is 13.8 Å². The van der Waals surface area contributed by atoms with Gasteiger partial charge in [-0.3, -0.25) is 14.1 Å². The summed E-state index contributed by atoms with van der Waals surface area (Å²) in [4.78, 5) is 25.2. The Morgan fingerprint density at radius 1 is 0.588 bits per heavy atom. The lowest BCUT2D eigenvalue weighted by molar-refractivity contribution is -0.297. The number of esters is 2. The van der Waals surface area contributed by atoms with Crippen LogP contribution in [0.1, 0.15) is 174 Å². The van der Waals surface area contributed by atoms with Crippen molar-refractivity contribution in [3.8, 4) is 0 Å². The molecular weight excluding hydrogens is 680 g/mol. The zero-order valence-corrected chi connectivity index (χ0v) is 32.5. The quantitative estimate of drug-likeness (QED) is 0.0308. The fourth-order valence-electron chi connectivity index (χ4n) is 6.26. The molecule has 1 aliphatic rings. The minimum absolute atomic E-state index is 0.170. The van der Waals surface area contributed by atoms with Gasteiger partial charge in [-0.05, 0) is 12.8 Å². The summed E-state index contributed by atoms with van der Waals surface area (Å²) >= 11 is 0. The van der Waals surface area contributed by atoms with Gasteiger partial charge in [0.1, 0.15) is 36.8 Å². The van der Waals surface area contributed by atoms with Crippen LogP contribution in [-0.2, 0) is 38.7 Å². The Morgan fingerprint density at radius 2 is 1.00 bits per heavy atom. The Balaban J connectivity index is 2.49. The molecule has 0 amide bonds. The highest BCUT2D eigenvalue weighted by atomic mass is 32.2. The molecule has 13 heteroatoms. The fourth-order valence-corrected chi connectivity index (χ4v) is 6.96. The highest BCUT2D eigenvalue weighted by Gasteiger charge is 2.46. The van der Waals surface area contributed by atoms with Gasteiger partial charge >= 0.3 is 11.9 Å². The van der Waals surface area contributed by atoms with Crippen LogP contribution in [0, 0.1) is 0 Å². The van der Waals surface area contributed by atoms with E-state index in [9.17, 15) is 37.9 Å². The van der Waals surface area contributed by atoms with Gasteiger partial charge in [-0.15, -0.1) is 0 Å². The second-order valence-electron chi connectivity index (χ2n) is 14.3. The molecule has 0 aromatic heterocycles. The predicted molar refractivity (Wildman–Crippen MR) is 197 cm³/mol. The number of carbonyl (C=O) groups is 2. The molecule has 0 bridgehead atoms. The maximum Gasteiger partial charge on any atom is 0.306 e. The normalized spacial score (nSPS) is 21.4. The van der Waals surface area contributed by atoms with Crippen molar-refractivity contribution >= 4 is 22.1 Å². The fraction of sp³-hybridized carbons (Fsp3) is 0.947. The van der Waals surface area contributed by atoms with Crippen LogP contribution in [0.5, 0.6) is 0 Å². The summed E-state index contributed by atoms with van der Waals surface area (Å²) in [6.07, 6.45) is 17.4. The van der Waals surface area contributed by atoms with E-state index in [4.69, 9.17) is 18.9 Å². The highest BCUT2D eigenvalue weighted by molar-refractivity contribution is 7.85. The Morgan fingerprint density at radius 3 is 1.43 bits per heavy atom. The van der Waals surface area contributed by atoms with Gasteiger partial charge in [-0.2, -0.15) is 8.42 Å². The number of ether oxygens (including phenoxy) is 4. The summed E-state index contributed by atoms with van der Waals surface area (Å²) in [5.41, 5.74) is 0. The molecule has 302 valence electrons. The molecule has 1 fully saturated rings. The first kappa shape index (κ1) is 47.7. The van der Waals surface area contributed by atoms with Gasteiger partial charge in [0, 0.05) is 12.8 Å². The highest BCUT2D eigenvalue weighted by Crippen LogP contribution is 2.24. The van der Waals surface area contributed by atoms with Gasteiger partial charge in [0.05, 0.1) is 6.61 Å². The zero-order valence-electron chi connectivity index (χ0n) is 31.7. The number of carbonyl (C=O) groups excluding carboxylic acids is 2. The summed E-state index contributed by atoms with van der Waals surface area (Å²) in [6, 6.07) is 0. The van der Waals surface area contributed by atoms with Crippen LogP contribution in [0.3, 0.4) is 0 Å². The molecule has 0 saturated carbocycles. The van der Waals surface area contributed by atoms with Crippen molar-refractivity contribution in [2.24, 2.45) is 0 Å². The van der Waals surface area contributed by atoms with E-state index in [0.717, 1.165) is 38.5 Å². The topological polar surface area (TPSA) is 186 Å². The molecule has 2 unspecified atom stereocenters. The molecule has 1 aliphatic heterocycles. The van der Waals surface area contributed by atoms with E-state index < -0.39 is 71.2 Å². The zero-order chi connectivity index (χ0) is 37.7. The van der Waals surface area contributed by atoms with Crippen LogP contribution in [0.2, 0.25) is 0 Å². The molecule has 0 spiro atoms. The summed E-state index contributed by atoms with van der Waals surface area (Å²) in [5, 5.41) is 30.7. The van der Waals surface area contributed by atoms with Gasteiger partial charge in [-0.25, -0.2) is 0 Å². The second-order valence-corrected chi connectivity index (χ2v) is 15.8. The van der Waals surface area contributed by atoms with Crippen LogP contribution in [0.25, 0.3) is 0 Å². The van der Waals surface area contributed by atoms with Crippen molar-refractivity contribution in [1.29, 1.82) is 0 Å². The van der Waals surface area contributed by atoms with Crippen LogP contribution in [-0.4, -0.2) is 96.0 Å². The van der Waals surface area contributed by atoms with Crippen molar-refractivity contribution in [2.45, 2.75) is 211 Å². The molecule has 0 aromatic carbocycles. The van der Waals surface area contributed by atoms with Crippen LogP contribution in [0.15, 0.2) is 0 Å². The standard InChI is InChI=1S/C38H72O12S/c1-3-5-7-9-11-13-15-16-17-19-20-22-24-26-33(39)47-28-31(49-34(40)27-25-23-21-18-14-12-10-8-6-4-2)29-48-38-37(43)36(42)35(41)32(50-38)30-51(44,45)46/h31-32,35-38,41-43H,3-30H2,1-2H3,(H,44,45,46)/t31-,32-,35-,36?,37?,38+/m1/s1. The molecule has 0 aromatic rings. The molecule has 1 saturated heterocycles. The van der Waals surface area contributed by atoms with E-state index >= 15 is 0 Å². The Bertz CT molecular complexity index is 978. The summed E-state index contributed by atoms with van der Waals surface area (Å²) in [6.45, 7) is 3.73. The van der Waals surface area contributed by atoms with Crippen molar-refractivity contribution in [2.75, 3.05) is 19.0 Å². The third-order valence-electron chi connectivity index (χ3n) is 9.44. The number of hydrogen-bond donors (Lipinski definition) is 4. The second kappa shape index (κ2) is 30.0. The number of aliphatic hydroxyl groups is 3. The van der Waals surface area contributed by atoms with Crippen LogP contribution < -0.4 is 0 Å². The van der Waals surface area contributed by atoms with Gasteiger partial charge in [0.15, 0.2) is 12.4 Å². The third-order valence-corrected chi connectivity index (χ3v) is 10.2. The van der Waals surface area contributed by atoms with Crippen LogP contribution >= 0.6 is 0 Å². The molecule has 1 heterocycles. The van der Waals surface area contributed by atoms with Crippen molar-refractivity contribution in [3.05, 3.63) is 0 Å². The Kier molecular flexibility index (Phi) is 28.1. The smallest absolute Gasteiger partial charge is 0.306 e. The SMILES string of the molecule is CCCCCCCCCCCCCCCC(=O)OC[C@H](CO[C@H]1O[C@H](CS(=O)(=O)O)[C@@H](O)C(O)C1O)OC(=O)CCCCCCCCCCCC. The lowest BCUT2D eigenvalue weighted by atomic mass is 10.00. The largest absolute Gasteiger partial charge is 0.462 e. The van der Waals surface area contributed by atoms with Crippen molar-refractivity contribution < 1.29 is 56.8 Å². The molecule has 0 radical (unpaired) electrons. The first-order chi connectivity index (χ1) is 24.5. The maximum absolute atomic E-state index is 12.7. The molecule has 51 heavy (non-hydrogen) atoms. The minimum atomic E-state index is -4.59. The van der Waals surface area contributed by atoms with E-state index in [1.807, 2.05) is 0 Å². The average molecular weight is 753 g/mol. The van der Waals surface area contributed by atoms with E-state index in [0.29, 0.717) is 12.8 Å². The lowest BCUT2D eigenvalue weighted by Crippen LogP contribution is -2.60. The maximum atomic E-state index is 12.7. The predicted octanol–water partition coefficient (Wildman–Crippen LogP) is 6.95. The summed E-state index contributed by atoms with van der Waals surface area (Å²) < 4.78 is 53.8. The van der Waals surface area contributed by atoms with Gasteiger partial charge in [-0.1, -0.05) is 149 Å². The molecule has 6 atom stereocenters. The Hall–Kier alpha value is -1.35. The van der Waals surface area contributed by atoms with Gasteiger partial charge < -0.3 is 34.3 Å². The van der Waals surface area contributed by atoms with Gasteiger partial charge in [0.25, 0.3) is 10.1 Å². The van der Waals surface area contributed by atoms with E-state index in [1.54, 1.807) is 0 Å². The molecule has 12 nitrogen and oxygen atoms in total. The number of unbranched alkanes of at least 4 members (excludes halogenated alkanes) is 21. The minimum Gasteiger partial charge on any atom is -0.462 e. The number of hydrogen-bond acceptors (Lipinski definition) is 11. The Labute approximate surface area is 308 Å².